The van der Waals surface area contributed by atoms with E-state index in [1.165, 1.54) is 6.07 Å². The van der Waals surface area contributed by atoms with Crippen molar-refractivity contribution in [3.05, 3.63) is 71.3 Å². The third-order valence-corrected chi connectivity index (χ3v) is 3.59. The van der Waals surface area contributed by atoms with Crippen LogP contribution in [0, 0.1) is 0 Å². The fourth-order valence-electron chi connectivity index (χ4n) is 2.47. The van der Waals surface area contributed by atoms with Crippen molar-refractivity contribution in [2.75, 3.05) is 6.54 Å². The number of benzene rings is 2. The lowest BCUT2D eigenvalue weighted by atomic mass is 10.1. The summed E-state index contributed by atoms with van der Waals surface area (Å²) in [6.45, 7) is 3.30. The van der Waals surface area contributed by atoms with Gasteiger partial charge in [0.15, 0.2) is 0 Å². The van der Waals surface area contributed by atoms with Crippen molar-refractivity contribution in [2.24, 2.45) is 0 Å². The molecule has 0 aliphatic heterocycles. The first kappa shape index (κ1) is 16.7. The van der Waals surface area contributed by atoms with Crippen LogP contribution in [0.5, 0.6) is 0 Å². The van der Waals surface area contributed by atoms with Crippen LogP contribution in [0.25, 0.3) is 0 Å². The zero-order valence-electron chi connectivity index (χ0n) is 13.2. The molecule has 23 heavy (non-hydrogen) atoms. The second-order valence-electron chi connectivity index (χ2n) is 5.48. The van der Waals surface area contributed by atoms with Crippen LogP contribution in [0.3, 0.4) is 0 Å². The minimum absolute atomic E-state index is 0.0123. The maximum absolute atomic E-state index is 12.6. The molecule has 1 amide bonds. The maximum atomic E-state index is 12.6. The Kier molecular flexibility index (Phi) is 5.92. The van der Waals surface area contributed by atoms with Gasteiger partial charge < -0.3 is 10.0 Å². The Balaban J connectivity index is 2.09. The minimum atomic E-state index is -0.978. The average Bonchev–Trinajstić information content (AvgIpc) is 2.55. The predicted octanol–water partition coefficient (Wildman–Crippen LogP) is 3.37. The summed E-state index contributed by atoms with van der Waals surface area (Å²) in [5.41, 5.74) is 2.03. The standard InChI is InChI=1S/C19H21NO3/c1-2-11-20(14-15-7-4-3-5-8-15)18(21)13-16-9-6-10-17(12-16)19(22)23/h3-10,12H,2,11,13-14H2,1H3,(H,22,23). The molecular formula is C19H21NO3. The Bertz CT molecular complexity index is 667. The molecule has 2 aromatic carbocycles. The summed E-state index contributed by atoms with van der Waals surface area (Å²) in [5, 5.41) is 9.04. The number of nitrogens with zero attached hydrogens (tertiary/aromatic N) is 1. The Morgan fingerprint density at radius 3 is 2.35 bits per heavy atom. The quantitative estimate of drug-likeness (QED) is 0.853. The SMILES string of the molecule is CCCN(Cc1ccccc1)C(=O)Cc1cccc(C(=O)O)c1. The second-order valence-corrected chi connectivity index (χ2v) is 5.48. The molecule has 0 heterocycles. The molecule has 0 aliphatic carbocycles. The van der Waals surface area contributed by atoms with E-state index in [1.54, 1.807) is 18.2 Å². The fourth-order valence-corrected chi connectivity index (χ4v) is 2.47. The first-order valence-electron chi connectivity index (χ1n) is 7.74. The number of amides is 1. The van der Waals surface area contributed by atoms with Gasteiger partial charge in [0.05, 0.1) is 12.0 Å². The lowest BCUT2D eigenvalue weighted by molar-refractivity contribution is -0.131. The summed E-state index contributed by atoms with van der Waals surface area (Å²) in [7, 11) is 0. The van der Waals surface area contributed by atoms with Gasteiger partial charge in [-0.1, -0.05) is 49.4 Å². The van der Waals surface area contributed by atoms with Gasteiger partial charge in [0.1, 0.15) is 0 Å². The van der Waals surface area contributed by atoms with Crippen molar-refractivity contribution in [1.29, 1.82) is 0 Å². The number of hydrogen-bond donors (Lipinski definition) is 1. The molecule has 1 N–H and O–H groups in total. The van der Waals surface area contributed by atoms with E-state index in [1.807, 2.05) is 42.2 Å². The van der Waals surface area contributed by atoms with Gasteiger partial charge in [-0.15, -0.1) is 0 Å². The van der Waals surface area contributed by atoms with E-state index in [-0.39, 0.29) is 17.9 Å². The molecule has 4 heteroatoms. The number of carboxylic acids is 1. The molecule has 0 fully saturated rings. The molecular weight excluding hydrogens is 290 g/mol. The van der Waals surface area contributed by atoms with Crippen LogP contribution in [-0.4, -0.2) is 28.4 Å². The van der Waals surface area contributed by atoms with Gasteiger partial charge in [-0.3, -0.25) is 4.79 Å². The van der Waals surface area contributed by atoms with Crippen LogP contribution in [0.2, 0.25) is 0 Å². The summed E-state index contributed by atoms with van der Waals surface area (Å²) in [6, 6.07) is 16.4. The Hall–Kier alpha value is -2.62. The van der Waals surface area contributed by atoms with E-state index in [0.29, 0.717) is 13.1 Å². The second kappa shape index (κ2) is 8.13. The molecule has 0 aliphatic rings. The Labute approximate surface area is 136 Å². The highest BCUT2D eigenvalue weighted by molar-refractivity contribution is 5.88. The van der Waals surface area contributed by atoms with Gasteiger partial charge in [-0.25, -0.2) is 4.79 Å². The van der Waals surface area contributed by atoms with Gasteiger partial charge in [-0.2, -0.15) is 0 Å². The molecule has 0 radical (unpaired) electrons. The van der Waals surface area contributed by atoms with Crippen LogP contribution >= 0.6 is 0 Å². The molecule has 120 valence electrons. The third kappa shape index (κ3) is 4.95. The number of aromatic carboxylic acids is 1. The van der Waals surface area contributed by atoms with Crippen LogP contribution < -0.4 is 0 Å². The number of carbonyl (C=O) groups excluding carboxylic acids is 1. The van der Waals surface area contributed by atoms with E-state index in [0.717, 1.165) is 17.5 Å². The van der Waals surface area contributed by atoms with Crippen molar-refractivity contribution in [3.8, 4) is 0 Å². The molecule has 4 nitrogen and oxygen atoms in total. The summed E-state index contributed by atoms with van der Waals surface area (Å²) >= 11 is 0. The first-order valence-corrected chi connectivity index (χ1v) is 7.74. The number of carboxylic acid groups (broad SMARTS) is 1. The molecule has 2 rings (SSSR count). The van der Waals surface area contributed by atoms with E-state index in [2.05, 4.69) is 0 Å². The lowest BCUT2D eigenvalue weighted by Crippen LogP contribution is -2.32. The van der Waals surface area contributed by atoms with Gasteiger partial charge in [-0.05, 0) is 29.7 Å². The smallest absolute Gasteiger partial charge is 0.335 e. The number of rotatable bonds is 7. The van der Waals surface area contributed by atoms with Crippen LogP contribution in [-0.2, 0) is 17.8 Å². The van der Waals surface area contributed by atoms with Crippen molar-refractivity contribution in [3.63, 3.8) is 0 Å². The van der Waals surface area contributed by atoms with Crippen LogP contribution in [0.15, 0.2) is 54.6 Å². The summed E-state index contributed by atoms with van der Waals surface area (Å²) < 4.78 is 0. The highest BCUT2D eigenvalue weighted by Gasteiger charge is 2.14. The first-order chi connectivity index (χ1) is 11.1. The lowest BCUT2D eigenvalue weighted by Gasteiger charge is -2.22. The van der Waals surface area contributed by atoms with Crippen LogP contribution in [0.1, 0.15) is 34.8 Å². The summed E-state index contributed by atoms with van der Waals surface area (Å²) in [6.07, 6.45) is 1.10. The van der Waals surface area contributed by atoms with Gasteiger partial charge in [0, 0.05) is 13.1 Å². The maximum Gasteiger partial charge on any atom is 0.335 e. The monoisotopic (exact) mass is 311 g/mol. The molecule has 0 atom stereocenters. The molecule has 2 aromatic rings. The predicted molar refractivity (Wildman–Crippen MR) is 89.3 cm³/mol. The van der Waals surface area contributed by atoms with E-state index >= 15 is 0 Å². The minimum Gasteiger partial charge on any atom is -0.478 e. The Morgan fingerprint density at radius 2 is 1.70 bits per heavy atom. The fraction of sp³-hybridized carbons (Fsp3) is 0.263. The molecule has 0 bridgehead atoms. The molecule has 0 saturated heterocycles. The average molecular weight is 311 g/mol. The van der Waals surface area contributed by atoms with Gasteiger partial charge in [0.2, 0.25) is 5.91 Å². The van der Waals surface area contributed by atoms with Crippen molar-refractivity contribution >= 4 is 11.9 Å². The summed E-state index contributed by atoms with van der Waals surface area (Å²) in [4.78, 5) is 25.4. The molecule has 0 unspecified atom stereocenters. The zero-order chi connectivity index (χ0) is 16.7. The van der Waals surface area contributed by atoms with E-state index in [9.17, 15) is 9.59 Å². The number of carbonyl (C=O) groups is 2. The molecule has 0 saturated carbocycles. The third-order valence-electron chi connectivity index (χ3n) is 3.59. The highest BCUT2D eigenvalue weighted by Crippen LogP contribution is 2.11. The highest BCUT2D eigenvalue weighted by atomic mass is 16.4. The van der Waals surface area contributed by atoms with Crippen molar-refractivity contribution < 1.29 is 14.7 Å². The van der Waals surface area contributed by atoms with Crippen molar-refractivity contribution in [2.45, 2.75) is 26.3 Å². The molecule has 0 spiro atoms. The zero-order valence-corrected chi connectivity index (χ0v) is 13.2. The number of hydrogen-bond acceptors (Lipinski definition) is 2. The van der Waals surface area contributed by atoms with E-state index < -0.39 is 5.97 Å². The molecule has 0 aromatic heterocycles. The summed E-state index contributed by atoms with van der Waals surface area (Å²) in [5.74, 6) is -0.966. The topological polar surface area (TPSA) is 57.6 Å². The van der Waals surface area contributed by atoms with E-state index in [4.69, 9.17) is 5.11 Å². The van der Waals surface area contributed by atoms with Crippen molar-refractivity contribution in [1.82, 2.24) is 4.90 Å². The van der Waals surface area contributed by atoms with Gasteiger partial charge >= 0.3 is 5.97 Å². The van der Waals surface area contributed by atoms with Gasteiger partial charge in [0.25, 0.3) is 0 Å². The largest absolute Gasteiger partial charge is 0.478 e. The normalized spacial score (nSPS) is 10.3. The van der Waals surface area contributed by atoms with Crippen LogP contribution in [0.4, 0.5) is 0 Å². The Morgan fingerprint density at radius 1 is 1.00 bits per heavy atom.